The molecule has 1 unspecified atom stereocenters. The predicted molar refractivity (Wildman–Crippen MR) is 57.2 cm³/mol. The summed E-state index contributed by atoms with van der Waals surface area (Å²) in [6, 6.07) is 8.11. The molecular formula is C10H16ClNO. The quantitative estimate of drug-likeness (QED) is 0.813. The number of rotatable bonds is 3. The highest BCUT2D eigenvalue weighted by Crippen LogP contribution is 2.14. The maximum absolute atomic E-state index is 5.88. The Kier molecular flexibility index (Phi) is 5.71. The molecule has 0 aliphatic carbocycles. The summed E-state index contributed by atoms with van der Waals surface area (Å²) in [5.74, 6) is 0. The average Bonchev–Trinajstić information content (AvgIpc) is 2.05. The largest absolute Gasteiger partial charge is 0.383 e. The fourth-order valence-electron chi connectivity index (χ4n) is 1.27. The van der Waals surface area contributed by atoms with Crippen molar-refractivity contribution >= 4 is 12.4 Å². The van der Waals surface area contributed by atoms with Crippen LogP contribution in [-0.4, -0.2) is 13.7 Å². The van der Waals surface area contributed by atoms with E-state index in [0.717, 1.165) is 0 Å². The monoisotopic (exact) mass is 201 g/mol. The van der Waals surface area contributed by atoms with E-state index < -0.39 is 0 Å². The van der Waals surface area contributed by atoms with Crippen molar-refractivity contribution in [3.63, 3.8) is 0 Å². The van der Waals surface area contributed by atoms with Crippen LogP contribution in [0.15, 0.2) is 24.3 Å². The Balaban J connectivity index is 0.00000144. The predicted octanol–water partition coefficient (Wildman–Crippen LogP) is 2.06. The van der Waals surface area contributed by atoms with Gasteiger partial charge in [-0.15, -0.1) is 12.4 Å². The van der Waals surface area contributed by atoms with Gasteiger partial charge in [0.25, 0.3) is 0 Å². The lowest BCUT2D eigenvalue weighted by molar-refractivity contribution is 0.180. The molecular weight excluding hydrogens is 186 g/mol. The van der Waals surface area contributed by atoms with Gasteiger partial charge in [0, 0.05) is 7.11 Å². The molecule has 0 heterocycles. The van der Waals surface area contributed by atoms with Gasteiger partial charge in [-0.1, -0.05) is 24.3 Å². The molecule has 0 aliphatic heterocycles. The van der Waals surface area contributed by atoms with Crippen LogP contribution in [0.5, 0.6) is 0 Å². The zero-order valence-electron chi connectivity index (χ0n) is 7.99. The van der Waals surface area contributed by atoms with Crippen LogP contribution in [-0.2, 0) is 4.74 Å². The highest BCUT2D eigenvalue weighted by molar-refractivity contribution is 5.85. The third kappa shape index (κ3) is 3.35. The molecule has 13 heavy (non-hydrogen) atoms. The van der Waals surface area contributed by atoms with Gasteiger partial charge in [0.2, 0.25) is 0 Å². The molecule has 0 fully saturated rings. The molecule has 0 saturated heterocycles. The molecule has 3 heteroatoms. The molecule has 0 amide bonds. The van der Waals surface area contributed by atoms with Crippen molar-refractivity contribution in [3.05, 3.63) is 35.4 Å². The van der Waals surface area contributed by atoms with E-state index in [1.54, 1.807) is 7.11 Å². The van der Waals surface area contributed by atoms with Crippen LogP contribution in [0.25, 0.3) is 0 Å². The second-order valence-electron chi connectivity index (χ2n) is 2.92. The highest BCUT2D eigenvalue weighted by Gasteiger charge is 2.06. The zero-order valence-corrected chi connectivity index (χ0v) is 8.80. The van der Waals surface area contributed by atoms with Crippen LogP contribution in [0.4, 0.5) is 0 Å². The molecule has 0 bridgehead atoms. The number of halogens is 1. The van der Waals surface area contributed by atoms with Crippen molar-refractivity contribution in [3.8, 4) is 0 Å². The van der Waals surface area contributed by atoms with E-state index in [1.807, 2.05) is 18.2 Å². The maximum Gasteiger partial charge on any atom is 0.0655 e. The number of hydrogen-bond donors (Lipinski definition) is 1. The number of aryl methyl sites for hydroxylation is 1. The molecule has 0 saturated carbocycles. The number of benzene rings is 1. The fourth-order valence-corrected chi connectivity index (χ4v) is 1.27. The third-order valence-corrected chi connectivity index (χ3v) is 1.93. The second kappa shape index (κ2) is 5.97. The number of hydrogen-bond acceptors (Lipinski definition) is 2. The molecule has 1 atom stereocenters. The van der Waals surface area contributed by atoms with E-state index in [2.05, 4.69) is 13.0 Å². The van der Waals surface area contributed by atoms with Gasteiger partial charge in [-0.2, -0.15) is 0 Å². The van der Waals surface area contributed by atoms with Crippen LogP contribution in [0.1, 0.15) is 17.2 Å². The molecule has 1 aromatic carbocycles. The first kappa shape index (κ1) is 12.4. The summed E-state index contributed by atoms with van der Waals surface area (Å²) >= 11 is 0. The van der Waals surface area contributed by atoms with Crippen LogP contribution >= 0.6 is 12.4 Å². The molecule has 1 rings (SSSR count). The summed E-state index contributed by atoms with van der Waals surface area (Å²) in [6.07, 6.45) is 0. The van der Waals surface area contributed by atoms with Gasteiger partial charge in [0.05, 0.1) is 12.6 Å². The van der Waals surface area contributed by atoms with Crippen LogP contribution in [0, 0.1) is 6.92 Å². The van der Waals surface area contributed by atoms with E-state index in [-0.39, 0.29) is 18.4 Å². The van der Waals surface area contributed by atoms with Crippen molar-refractivity contribution < 1.29 is 4.74 Å². The minimum absolute atomic E-state index is 0. The Morgan fingerprint density at radius 2 is 2.00 bits per heavy atom. The summed E-state index contributed by atoms with van der Waals surface area (Å²) in [5, 5.41) is 0. The lowest BCUT2D eigenvalue weighted by atomic mass is 10.0. The Hall–Kier alpha value is -0.570. The molecule has 1 aromatic rings. The molecule has 74 valence electrons. The van der Waals surface area contributed by atoms with Gasteiger partial charge in [-0.05, 0) is 18.1 Å². The van der Waals surface area contributed by atoms with Gasteiger partial charge >= 0.3 is 0 Å². The van der Waals surface area contributed by atoms with E-state index in [9.17, 15) is 0 Å². The van der Waals surface area contributed by atoms with E-state index in [1.165, 1.54) is 11.1 Å². The number of methoxy groups -OCH3 is 1. The van der Waals surface area contributed by atoms with Gasteiger partial charge in [-0.3, -0.25) is 0 Å². The topological polar surface area (TPSA) is 35.2 Å². The van der Waals surface area contributed by atoms with Crippen LogP contribution < -0.4 is 5.73 Å². The molecule has 0 radical (unpaired) electrons. The van der Waals surface area contributed by atoms with E-state index in [4.69, 9.17) is 10.5 Å². The normalized spacial score (nSPS) is 11.9. The first-order valence-corrected chi connectivity index (χ1v) is 4.05. The third-order valence-electron chi connectivity index (χ3n) is 1.93. The Bertz CT molecular complexity index is 252. The highest BCUT2D eigenvalue weighted by atomic mass is 35.5. The van der Waals surface area contributed by atoms with Crippen molar-refractivity contribution in [2.75, 3.05) is 13.7 Å². The van der Waals surface area contributed by atoms with Crippen molar-refractivity contribution in [1.29, 1.82) is 0 Å². The molecule has 0 spiro atoms. The van der Waals surface area contributed by atoms with Gasteiger partial charge in [0.1, 0.15) is 0 Å². The summed E-state index contributed by atoms with van der Waals surface area (Å²) in [7, 11) is 1.66. The summed E-state index contributed by atoms with van der Waals surface area (Å²) in [6.45, 7) is 2.63. The van der Waals surface area contributed by atoms with Crippen molar-refractivity contribution in [2.24, 2.45) is 5.73 Å². The van der Waals surface area contributed by atoms with Crippen LogP contribution in [0.2, 0.25) is 0 Å². The molecule has 0 aromatic heterocycles. The first-order chi connectivity index (χ1) is 5.75. The lowest BCUT2D eigenvalue weighted by Gasteiger charge is -2.12. The zero-order chi connectivity index (χ0) is 8.97. The fraction of sp³-hybridized carbons (Fsp3) is 0.400. The summed E-state index contributed by atoms with van der Waals surface area (Å²) in [5.41, 5.74) is 8.27. The van der Waals surface area contributed by atoms with Crippen molar-refractivity contribution in [2.45, 2.75) is 13.0 Å². The van der Waals surface area contributed by atoms with Gasteiger partial charge in [0.15, 0.2) is 0 Å². The smallest absolute Gasteiger partial charge is 0.0655 e. The average molecular weight is 202 g/mol. The van der Waals surface area contributed by atoms with Gasteiger partial charge < -0.3 is 10.5 Å². The molecule has 0 aliphatic rings. The number of nitrogens with two attached hydrogens (primary N) is 1. The molecule has 2 N–H and O–H groups in total. The molecule has 2 nitrogen and oxygen atoms in total. The minimum atomic E-state index is -0.00352. The van der Waals surface area contributed by atoms with E-state index >= 15 is 0 Å². The number of ether oxygens (including phenoxy) is 1. The Morgan fingerprint density at radius 3 is 2.54 bits per heavy atom. The lowest BCUT2D eigenvalue weighted by Crippen LogP contribution is -2.16. The SMILES string of the molecule is COCC(N)c1ccccc1C.Cl. The maximum atomic E-state index is 5.88. The Morgan fingerprint density at radius 1 is 1.38 bits per heavy atom. The van der Waals surface area contributed by atoms with E-state index in [0.29, 0.717) is 6.61 Å². The van der Waals surface area contributed by atoms with Crippen molar-refractivity contribution in [1.82, 2.24) is 0 Å². The second-order valence-corrected chi connectivity index (χ2v) is 2.92. The Labute approximate surface area is 85.5 Å². The standard InChI is InChI=1S/C10H15NO.ClH/c1-8-5-3-4-6-9(8)10(11)7-12-2;/h3-6,10H,7,11H2,1-2H3;1H. The van der Waals surface area contributed by atoms with Gasteiger partial charge in [-0.25, -0.2) is 0 Å². The summed E-state index contributed by atoms with van der Waals surface area (Å²) < 4.78 is 4.99. The van der Waals surface area contributed by atoms with Crippen LogP contribution in [0.3, 0.4) is 0 Å². The first-order valence-electron chi connectivity index (χ1n) is 4.05. The minimum Gasteiger partial charge on any atom is -0.383 e. The summed E-state index contributed by atoms with van der Waals surface area (Å²) in [4.78, 5) is 0.